The lowest BCUT2D eigenvalue weighted by atomic mass is 9.84. The molecule has 0 aromatic heterocycles. The van der Waals surface area contributed by atoms with Crippen LogP contribution in [0.15, 0.2) is 243 Å². The molecule has 0 bridgehead atoms. The fraction of sp³-hybridized carbons (Fsp3) is 0.0303. The molecule has 0 radical (unpaired) electrons. The first-order valence-corrected chi connectivity index (χ1v) is 23.7. The van der Waals surface area contributed by atoms with Gasteiger partial charge in [-0.2, -0.15) is 0 Å². The maximum atomic E-state index is 2.48. The van der Waals surface area contributed by atoms with Crippen LogP contribution in [-0.4, -0.2) is 0 Å². The molecule has 0 saturated heterocycles. The minimum Gasteiger partial charge on any atom is -0.310 e. The van der Waals surface area contributed by atoms with Crippen LogP contribution in [0, 0.1) is 0 Å². The molecule has 12 aromatic carbocycles. The summed E-state index contributed by atoms with van der Waals surface area (Å²) in [5, 5.41) is 9.85. The minimum absolute atomic E-state index is 0.913. The van der Waals surface area contributed by atoms with Crippen molar-refractivity contribution in [2.24, 2.45) is 0 Å². The Balaban J connectivity index is 1.06. The van der Waals surface area contributed by atoms with Crippen molar-refractivity contribution < 1.29 is 0 Å². The molecule has 0 aliphatic carbocycles. The van der Waals surface area contributed by atoms with Crippen LogP contribution in [0.1, 0.15) is 22.3 Å². The Hall–Kier alpha value is -8.72. The summed E-state index contributed by atoms with van der Waals surface area (Å²) in [5.41, 5.74) is 19.8. The number of benzene rings is 12. The predicted octanol–water partition coefficient (Wildman–Crippen LogP) is 18.0. The van der Waals surface area contributed by atoms with E-state index in [9.17, 15) is 0 Å². The molecule has 2 aliphatic rings. The van der Waals surface area contributed by atoms with Gasteiger partial charge in [-0.3, -0.25) is 0 Å². The molecular weight excluding hydrogens is 821 g/mol. The lowest BCUT2D eigenvalue weighted by Gasteiger charge is -2.34. The van der Waals surface area contributed by atoms with E-state index in [1.165, 1.54) is 121 Å². The monoisotopic (exact) mass is 864 g/mol. The van der Waals surface area contributed by atoms with Crippen molar-refractivity contribution in [3.63, 3.8) is 0 Å². The van der Waals surface area contributed by atoms with Crippen molar-refractivity contribution in [1.82, 2.24) is 0 Å². The first-order chi connectivity index (χ1) is 33.7. The van der Waals surface area contributed by atoms with Gasteiger partial charge in [0.1, 0.15) is 0 Å². The maximum absolute atomic E-state index is 2.48. The van der Waals surface area contributed by atoms with Crippen LogP contribution in [0.3, 0.4) is 0 Å². The van der Waals surface area contributed by atoms with Crippen molar-refractivity contribution in [3.8, 4) is 33.4 Å². The second-order valence-corrected chi connectivity index (χ2v) is 18.5. The third-order valence-electron chi connectivity index (χ3n) is 14.6. The summed E-state index contributed by atoms with van der Waals surface area (Å²) in [6.07, 6.45) is 1.83. The number of rotatable bonds is 5. The van der Waals surface area contributed by atoms with Gasteiger partial charge >= 0.3 is 0 Å². The number of fused-ring (bicyclic) bond motifs is 8. The standard InChI is InChI=1S/C66H44N2/c1-3-15-47-37-49(31-27-43(47)13-1)45-25-29-46(30-26-45)65-57-35-33-56(68-63-23-11-7-19-52(63)40-53-20-8-12-24-64(53)68)42-60(57)66(54-32-28-44-14-2-4-16-48(44)38-54)58-36-34-55(41-59(58)65)67-61-21-9-5-17-50(61)39-51-18-6-10-22-62(51)67/h1-38,41-42H,39-40H2. The van der Waals surface area contributed by atoms with Gasteiger partial charge in [-0.25, -0.2) is 0 Å². The van der Waals surface area contributed by atoms with Gasteiger partial charge < -0.3 is 9.80 Å². The molecule has 0 amide bonds. The van der Waals surface area contributed by atoms with E-state index in [1.54, 1.807) is 0 Å². The molecule has 68 heavy (non-hydrogen) atoms. The zero-order chi connectivity index (χ0) is 44.7. The average molecular weight is 865 g/mol. The molecule has 0 N–H and O–H groups in total. The number of nitrogens with zero attached hydrogens (tertiary/aromatic N) is 2. The summed E-state index contributed by atoms with van der Waals surface area (Å²) in [7, 11) is 0. The zero-order valence-corrected chi connectivity index (χ0v) is 37.4. The van der Waals surface area contributed by atoms with Gasteiger partial charge in [0.05, 0.1) is 0 Å². The van der Waals surface area contributed by atoms with Gasteiger partial charge in [-0.15, -0.1) is 0 Å². The first-order valence-electron chi connectivity index (χ1n) is 23.7. The Morgan fingerprint density at radius 2 is 0.588 bits per heavy atom. The molecule has 2 aliphatic heterocycles. The average Bonchev–Trinajstić information content (AvgIpc) is 3.40. The van der Waals surface area contributed by atoms with Crippen molar-refractivity contribution in [3.05, 3.63) is 265 Å². The molecule has 2 nitrogen and oxygen atoms in total. The highest BCUT2D eigenvalue weighted by atomic mass is 15.2. The first kappa shape index (κ1) is 38.5. The molecule has 14 rings (SSSR count). The fourth-order valence-corrected chi connectivity index (χ4v) is 11.4. The van der Waals surface area contributed by atoms with Gasteiger partial charge in [-0.1, -0.05) is 182 Å². The largest absolute Gasteiger partial charge is 0.310 e. The topological polar surface area (TPSA) is 6.48 Å². The molecule has 2 heterocycles. The SMILES string of the molecule is c1ccc2c(c1)Cc1ccccc1N2c1ccc2c(-c3ccc4ccccc4c3)c3cc(N4c5ccccc5Cc5ccccc54)ccc3c(-c3ccc(-c4ccc5ccccc5c4)cc3)c2c1. The molecule has 0 spiro atoms. The van der Waals surface area contributed by atoms with Crippen LogP contribution < -0.4 is 9.80 Å². The summed E-state index contributed by atoms with van der Waals surface area (Å²) < 4.78 is 0. The van der Waals surface area contributed by atoms with Crippen LogP contribution in [0.2, 0.25) is 0 Å². The van der Waals surface area contributed by atoms with Gasteiger partial charge in [0.25, 0.3) is 0 Å². The minimum atomic E-state index is 0.913. The number of anilines is 6. The molecule has 0 saturated carbocycles. The van der Waals surface area contributed by atoms with E-state index in [2.05, 4.69) is 252 Å². The lowest BCUT2D eigenvalue weighted by molar-refractivity contribution is 1.09. The van der Waals surface area contributed by atoms with E-state index >= 15 is 0 Å². The highest BCUT2D eigenvalue weighted by Gasteiger charge is 2.28. The van der Waals surface area contributed by atoms with Gasteiger partial charge in [0, 0.05) is 47.0 Å². The summed E-state index contributed by atoms with van der Waals surface area (Å²) in [5.74, 6) is 0. The van der Waals surface area contributed by atoms with Gasteiger partial charge in [0.15, 0.2) is 0 Å². The Bertz CT molecular complexity index is 3900. The quantitative estimate of drug-likeness (QED) is 0.159. The molecule has 0 unspecified atom stereocenters. The van der Waals surface area contributed by atoms with E-state index in [1.807, 2.05) is 0 Å². The van der Waals surface area contributed by atoms with Crippen LogP contribution >= 0.6 is 0 Å². The molecule has 318 valence electrons. The van der Waals surface area contributed by atoms with E-state index in [4.69, 9.17) is 0 Å². The summed E-state index contributed by atoms with van der Waals surface area (Å²) in [6, 6.07) is 90.5. The predicted molar refractivity (Wildman–Crippen MR) is 288 cm³/mol. The van der Waals surface area contributed by atoms with Crippen molar-refractivity contribution in [2.45, 2.75) is 12.8 Å². The highest BCUT2D eigenvalue weighted by molar-refractivity contribution is 6.23. The molecule has 12 aromatic rings. The van der Waals surface area contributed by atoms with E-state index in [0.717, 1.165) is 24.2 Å². The van der Waals surface area contributed by atoms with Crippen LogP contribution in [-0.2, 0) is 12.8 Å². The normalized spacial score (nSPS) is 12.8. The second-order valence-electron chi connectivity index (χ2n) is 18.5. The van der Waals surface area contributed by atoms with Crippen molar-refractivity contribution in [1.29, 1.82) is 0 Å². The second kappa shape index (κ2) is 15.4. The molecular formula is C66H44N2. The Morgan fingerprint density at radius 3 is 1.06 bits per heavy atom. The smallest absolute Gasteiger partial charge is 0.0497 e. The Kier molecular flexibility index (Phi) is 8.75. The van der Waals surface area contributed by atoms with Gasteiger partial charge in [-0.05, 0) is 159 Å². The number of hydrogen-bond donors (Lipinski definition) is 0. The van der Waals surface area contributed by atoms with Gasteiger partial charge in [0.2, 0.25) is 0 Å². The van der Waals surface area contributed by atoms with E-state index in [0.29, 0.717) is 0 Å². The van der Waals surface area contributed by atoms with Crippen LogP contribution in [0.5, 0.6) is 0 Å². The molecule has 2 heteroatoms. The van der Waals surface area contributed by atoms with Crippen molar-refractivity contribution >= 4 is 77.2 Å². The number of hydrogen-bond acceptors (Lipinski definition) is 2. The maximum Gasteiger partial charge on any atom is 0.0497 e. The highest BCUT2D eigenvalue weighted by Crippen LogP contribution is 2.51. The van der Waals surface area contributed by atoms with E-state index < -0.39 is 0 Å². The Morgan fingerprint density at radius 1 is 0.235 bits per heavy atom. The summed E-state index contributed by atoms with van der Waals surface area (Å²) in [6.45, 7) is 0. The van der Waals surface area contributed by atoms with E-state index in [-0.39, 0.29) is 0 Å². The summed E-state index contributed by atoms with van der Waals surface area (Å²) in [4.78, 5) is 4.96. The van der Waals surface area contributed by atoms with Crippen LogP contribution in [0.25, 0.3) is 76.5 Å². The molecule has 0 fully saturated rings. The van der Waals surface area contributed by atoms with Crippen LogP contribution in [0.4, 0.5) is 34.1 Å². The zero-order valence-electron chi connectivity index (χ0n) is 37.4. The third kappa shape index (κ3) is 6.18. The fourth-order valence-electron chi connectivity index (χ4n) is 11.4. The lowest BCUT2D eigenvalue weighted by Crippen LogP contribution is -2.18. The number of para-hydroxylation sites is 4. The third-order valence-corrected chi connectivity index (χ3v) is 14.6. The summed E-state index contributed by atoms with van der Waals surface area (Å²) >= 11 is 0. The van der Waals surface area contributed by atoms with Crippen molar-refractivity contribution in [2.75, 3.05) is 9.80 Å². The Labute approximate surface area is 396 Å². The molecule has 0 atom stereocenters.